The molecule has 0 aromatic carbocycles. The monoisotopic (exact) mass is 250 g/mol. The lowest BCUT2D eigenvalue weighted by Crippen LogP contribution is -2.34. The van der Waals surface area contributed by atoms with Crippen molar-refractivity contribution < 1.29 is 9.72 Å². The molecule has 2 heterocycles. The highest BCUT2D eigenvalue weighted by atomic mass is 16.6. The first-order chi connectivity index (χ1) is 8.66. The Balaban J connectivity index is 1.96. The molecule has 7 heteroatoms. The summed E-state index contributed by atoms with van der Waals surface area (Å²) in [5, 5.41) is 16.3. The number of carbonyl (C=O) groups excluding carboxylic acids is 1. The standard InChI is InChI=1S/C11H14N4O3/c16-11(8-3-5-12-6-4-8)14-9-1-2-10(13-7-9)15(17)18/h1-2,7-8,12H,3-6H2,(H,14,16). The smallest absolute Gasteiger partial charge is 0.358 e. The fourth-order valence-corrected chi connectivity index (χ4v) is 1.90. The molecular weight excluding hydrogens is 236 g/mol. The minimum atomic E-state index is -0.571. The van der Waals surface area contributed by atoms with Gasteiger partial charge in [0, 0.05) is 12.0 Å². The minimum absolute atomic E-state index is 0.00134. The molecule has 0 saturated carbocycles. The average Bonchev–Trinajstić information content (AvgIpc) is 2.40. The Morgan fingerprint density at radius 3 is 2.72 bits per heavy atom. The van der Waals surface area contributed by atoms with Crippen LogP contribution in [0.25, 0.3) is 0 Å². The van der Waals surface area contributed by atoms with E-state index in [2.05, 4.69) is 15.6 Å². The van der Waals surface area contributed by atoms with E-state index < -0.39 is 4.92 Å². The maximum absolute atomic E-state index is 11.9. The molecule has 0 atom stereocenters. The van der Waals surface area contributed by atoms with E-state index in [-0.39, 0.29) is 17.6 Å². The van der Waals surface area contributed by atoms with Crippen molar-refractivity contribution in [3.8, 4) is 0 Å². The predicted octanol–water partition coefficient (Wildman–Crippen LogP) is 0.928. The molecule has 7 nitrogen and oxygen atoms in total. The van der Waals surface area contributed by atoms with Crippen LogP contribution in [0.1, 0.15) is 12.8 Å². The zero-order chi connectivity index (χ0) is 13.0. The summed E-state index contributed by atoms with van der Waals surface area (Å²) < 4.78 is 0. The number of pyridine rings is 1. The quantitative estimate of drug-likeness (QED) is 0.614. The highest BCUT2D eigenvalue weighted by Gasteiger charge is 2.21. The Bertz CT molecular complexity index is 440. The number of nitro groups is 1. The average molecular weight is 250 g/mol. The van der Waals surface area contributed by atoms with Crippen molar-refractivity contribution in [1.29, 1.82) is 0 Å². The highest BCUT2D eigenvalue weighted by Crippen LogP contribution is 2.16. The number of amides is 1. The van der Waals surface area contributed by atoms with Crippen LogP contribution in [0.3, 0.4) is 0 Å². The van der Waals surface area contributed by atoms with Crippen LogP contribution in [0.15, 0.2) is 18.3 Å². The molecule has 1 aliphatic heterocycles. The molecule has 96 valence electrons. The summed E-state index contributed by atoms with van der Waals surface area (Å²) >= 11 is 0. The Morgan fingerprint density at radius 1 is 1.44 bits per heavy atom. The number of aromatic nitrogens is 1. The van der Waals surface area contributed by atoms with E-state index in [0.717, 1.165) is 25.9 Å². The molecule has 18 heavy (non-hydrogen) atoms. The van der Waals surface area contributed by atoms with Crippen LogP contribution < -0.4 is 10.6 Å². The van der Waals surface area contributed by atoms with Crippen LogP contribution in [-0.4, -0.2) is 28.9 Å². The third-order valence-electron chi connectivity index (χ3n) is 2.91. The van der Waals surface area contributed by atoms with E-state index in [4.69, 9.17) is 0 Å². The van der Waals surface area contributed by atoms with Crippen LogP contribution in [0.5, 0.6) is 0 Å². The van der Waals surface area contributed by atoms with Gasteiger partial charge in [0.1, 0.15) is 0 Å². The molecule has 1 saturated heterocycles. The maximum atomic E-state index is 11.9. The molecular formula is C11H14N4O3. The second-order valence-electron chi connectivity index (χ2n) is 4.18. The van der Waals surface area contributed by atoms with Crippen molar-refractivity contribution in [1.82, 2.24) is 10.3 Å². The van der Waals surface area contributed by atoms with E-state index in [0.29, 0.717) is 5.69 Å². The van der Waals surface area contributed by atoms with Crippen LogP contribution in [0.4, 0.5) is 11.5 Å². The molecule has 2 rings (SSSR count). The van der Waals surface area contributed by atoms with Gasteiger partial charge >= 0.3 is 5.82 Å². The van der Waals surface area contributed by atoms with Gasteiger partial charge in [0.15, 0.2) is 6.20 Å². The number of piperidine rings is 1. The van der Waals surface area contributed by atoms with E-state index >= 15 is 0 Å². The van der Waals surface area contributed by atoms with Gasteiger partial charge in [0.2, 0.25) is 5.91 Å². The van der Waals surface area contributed by atoms with Crippen LogP contribution in [0, 0.1) is 16.0 Å². The molecule has 0 radical (unpaired) electrons. The SMILES string of the molecule is O=C(Nc1ccc([N+](=O)[O-])nc1)C1CCNCC1. The van der Waals surface area contributed by atoms with E-state index in [1.165, 1.54) is 18.3 Å². The lowest BCUT2D eigenvalue weighted by molar-refractivity contribution is -0.389. The molecule has 1 amide bonds. The normalized spacial score (nSPS) is 16.2. The van der Waals surface area contributed by atoms with Gasteiger partial charge in [-0.2, -0.15) is 0 Å². The van der Waals surface area contributed by atoms with E-state index in [9.17, 15) is 14.9 Å². The molecule has 1 fully saturated rings. The van der Waals surface area contributed by atoms with Gasteiger partial charge in [-0.1, -0.05) is 0 Å². The molecule has 2 N–H and O–H groups in total. The van der Waals surface area contributed by atoms with Crippen molar-refractivity contribution in [2.24, 2.45) is 5.92 Å². The fourth-order valence-electron chi connectivity index (χ4n) is 1.90. The number of nitrogens with zero attached hydrogens (tertiary/aromatic N) is 2. The molecule has 1 aromatic heterocycles. The van der Waals surface area contributed by atoms with Crippen LogP contribution >= 0.6 is 0 Å². The third kappa shape index (κ3) is 3.01. The first kappa shape index (κ1) is 12.4. The van der Waals surface area contributed by atoms with Gasteiger partial charge in [-0.25, -0.2) is 0 Å². The van der Waals surface area contributed by atoms with Crippen molar-refractivity contribution in [3.63, 3.8) is 0 Å². The largest absolute Gasteiger partial charge is 0.363 e. The lowest BCUT2D eigenvalue weighted by atomic mass is 9.97. The lowest BCUT2D eigenvalue weighted by Gasteiger charge is -2.21. The summed E-state index contributed by atoms with van der Waals surface area (Å²) in [6.45, 7) is 1.69. The van der Waals surface area contributed by atoms with E-state index in [1.807, 2.05) is 0 Å². The van der Waals surface area contributed by atoms with Gasteiger partial charge in [-0.15, -0.1) is 0 Å². The van der Waals surface area contributed by atoms with Crippen LogP contribution in [-0.2, 0) is 4.79 Å². The maximum Gasteiger partial charge on any atom is 0.363 e. The van der Waals surface area contributed by atoms with Gasteiger partial charge < -0.3 is 20.7 Å². The third-order valence-corrected chi connectivity index (χ3v) is 2.91. The Labute approximate surface area is 104 Å². The Kier molecular flexibility index (Phi) is 3.83. The summed E-state index contributed by atoms with van der Waals surface area (Å²) in [5.74, 6) is -0.275. The fraction of sp³-hybridized carbons (Fsp3) is 0.455. The summed E-state index contributed by atoms with van der Waals surface area (Å²) in [4.78, 5) is 25.4. The molecule has 1 aromatic rings. The predicted molar refractivity (Wildman–Crippen MR) is 65.1 cm³/mol. The molecule has 0 aliphatic carbocycles. The second-order valence-corrected chi connectivity index (χ2v) is 4.18. The number of anilines is 1. The minimum Gasteiger partial charge on any atom is -0.358 e. The molecule has 0 unspecified atom stereocenters. The zero-order valence-corrected chi connectivity index (χ0v) is 9.76. The highest BCUT2D eigenvalue weighted by molar-refractivity contribution is 5.92. The van der Waals surface area contributed by atoms with Crippen molar-refractivity contribution in [2.45, 2.75) is 12.8 Å². The molecule has 0 bridgehead atoms. The molecule has 1 aliphatic rings. The summed E-state index contributed by atoms with van der Waals surface area (Å²) in [6, 6.07) is 2.77. The topological polar surface area (TPSA) is 97.2 Å². The number of rotatable bonds is 3. The van der Waals surface area contributed by atoms with Gasteiger partial charge in [0.05, 0.1) is 5.69 Å². The number of hydrogen-bond donors (Lipinski definition) is 2. The first-order valence-electron chi connectivity index (χ1n) is 5.79. The van der Waals surface area contributed by atoms with Crippen molar-refractivity contribution in [3.05, 3.63) is 28.4 Å². The summed E-state index contributed by atoms with van der Waals surface area (Å²) in [5.41, 5.74) is 0.490. The van der Waals surface area contributed by atoms with Crippen molar-refractivity contribution >= 4 is 17.4 Å². The number of carbonyl (C=O) groups is 1. The first-order valence-corrected chi connectivity index (χ1v) is 5.79. The Hall–Kier alpha value is -2.02. The number of hydrogen-bond acceptors (Lipinski definition) is 5. The second kappa shape index (κ2) is 5.54. The Morgan fingerprint density at radius 2 is 2.17 bits per heavy atom. The summed E-state index contributed by atoms with van der Waals surface area (Å²) in [6.07, 6.45) is 2.93. The summed E-state index contributed by atoms with van der Waals surface area (Å²) in [7, 11) is 0. The number of nitrogens with one attached hydrogen (secondary N) is 2. The van der Waals surface area contributed by atoms with Crippen molar-refractivity contribution in [2.75, 3.05) is 18.4 Å². The van der Waals surface area contributed by atoms with Gasteiger partial charge in [0.25, 0.3) is 0 Å². The zero-order valence-electron chi connectivity index (χ0n) is 9.76. The van der Waals surface area contributed by atoms with Crippen LogP contribution in [0.2, 0.25) is 0 Å². The van der Waals surface area contributed by atoms with E-state index in [1.54, 1.807) is 0 Å². The van der Waals surface area contributed by atoms with Gasteiger partial charge in [-0.3, -0.25) is 4.79 Å². The molecule has 0 spiro atoms. The van der Waals surface area contributed by atoms with Gasteiger partial charge in [-0.05, 0) is 41.9 Å².